The van der Waals surface area contributed by atoms with E-state index >= 15 is 0 Å². The highest BCUT2D eigenvalue weighted by molar-refractivity contribution is 6.30. The fourth-order valence-corrected chi connectivity index (χ4v) is 2.66. The van der Waals surface area contributed by atoms with E-state index in [2.05, 4.69) is 0 Å². The second kappa shape index (κ2) is 8.93. The molecule has 0 aliphatic heterocycles. The summed E-state index contributed by atoms with van der Waals surface area (Å²) in [6, 6.07) is 20.8. The molecule has 0 radical (unpaired) electrons. The van der Waals surface area contributed by atoms with Crippen LogP contribution >= 0.6 is 11.6 Å². The zero-order valence-corrected chi connectivity index (χ0v) is 15.5. The molecule has 0 aromatic heterocycles. The third-order valence-corrected chi connectivity index (χ3v) is 4.29. The molecule has 0 atom stereocenters. The van der Waals surface area contributed by atoms with Crippen molar-refractivity contribution in [3.05, 3.63) is 116 Å². The molecule has 0 aliphatic rings. The standard InChI is InChI=1S/C23H16ClNO3/c24-21-13-11-20(12-14-21)23(26)15-10-18-6-4-17(5-7-18)8-9-19-2-1-3-22(16-19)25(27)28/h1-16H/b9-8+,15-10+. The van der Waals surface area contributed by atoms with Gasteiger partial charge in [-0.15, -0.1) is 0 Å². The van der Waals surface area contributed by atoms with Crippen molar-refractivity contribution in [1.82, 2.24) is 0 Å². The number of benzene rings is 3. The van der Waals surface area contributed by atoms with E-state index in [1.165, 1.54) is 18.2 Å². The molecule has 28 heavy (non-hydrogen) atoms. The van der Waals surface area contributed by atoms with Gasteiger partial charge in [0.05, 0.1) is 4.92 Å². The molecule has 3 aromatic carbocycles. The van der Waals surface area contributed by atoms with Gasteiger partial charge in [-0.25, -0.2) is 0 Å². The Balaban J connectivity index is 1.66. The highest BCUT2D eigenvalue weighted by Gasteiger charge is 2.03. The molecule has 3 rings (SSSR count). The van der Waals surface area contributed by atoms with E-state index < -0.39 is 4.92 Å². The van der Waals surface area contributed by atoms with Crippen LogP contribution in [0.1, 0.15) is 27.0 Å². The van der Waals surface area contributed by atoms with Crippen molar-refractivity contribution in [1.29, 1.82) is 0 Å². The number of carbonyl (C=O) groups excluding carboxylic acids is 1. The molecule has 0 bridgehead atoms. The minimum atomic E-state index is -0.413. The number of nitro groups is 1. The molecule has 4 nitrogen and oxygen atoms in total. The summed E-state index contributed by atoms with van der Waals surface area (Å²) in [5.41, 5.74) is 3.25. The summed E-state index contributed by atoms with van der Waals surface area (Å²) in [7, 11) is 0. The van der Waals surface area contributed by atoms with Gasteiger partial charge in [-0.2, -0.15) is 0 Å². The Labute approximate surface area is 167 Å². The number of hydrogen-bond donors (Lipinski definition) is 0. The molecule has 0 saturated carbocycles. The van der Waals surface area contributed by atoms with Gasteiger partial charge in [-0.3, -0.25) is 14.9 Å². The molecule has 5 heteroatoms. The van der Waals surface area contributed by atoms with Gasteiger partial charge < -0.3 is 0 Å². The van der Waals surface area contributed by atoms with Crippen molar-refractivity contribution >= 4 is 41.3 Å². The maximum atomic E-state index is 12.1. The second-order valence-corrected chi connectivity index (χ2v) is 6.49. The molecule has 0 amide bonds. The summed E-state index contributed by atoms with van der Waals surface area (Å²) >= 11 is 5.83. The van der Waals surface area contributed by atoms with Gasteiger partial charge in [0.15, 0.2) is 5.78 Å². The van der Waals surface area contributed by atoms with Crippen molar-refractivity contribution in [2.45, 2.75) is 0 Å². The zero-order valence-electron chi connectivity index (χ0n) is 14.8. The first-order valence-electron chi connectivity index (χ1n) is 8.52. The van der Waals surface area contributed by atoms with Crippen LogP contribution in [0.4, 0.5) is 5.69 Å². The van der Waals surface area contributed by atoms with Gasteiger partial charge in [0.1, 0.15) is 0 Å². The first-order chi connectivity index (χ1) is 13.5. The highest BCUT2D eigenvalue weighted by Crippen LogP contribution is 2.16. The zero-order chi connectivity index (χ0) is 19.9. The maximum absolute atomic E-state index is 12.1. The van der Waals surface area contributed by atoms with Crippen LogP contribution in [0.3, 0.4) is 0 Å². The Morgan fingerprint density at radius 2 is 1.43 bits per heavy atom. The monoisotopic (exact) mass is 389 g/mol. The Bertz CT molecular complexity index is 1050. The molecule has 3 aromatic rings. The van der Waals surface area contributed by atoms with Gasteiger partial charge in [0.25, 0.3) is 5.69 Å². The quantitative estimate of drug-likeness (QED) is 0.163. The van der Waals surface area contributed by atoms with Crippen molar-refractivity contribution in [3.8, 4) is 0 Å². The van der Waals surface area contributed by atoms with E-state index in [9.17, 15) is 14.9 Å². The number of non-ortho nitro benzene ring substituents is 1. The molecule has 0 heterocycles. The lowest BCUT2D eigenvalue weighted by Gasteiger charge is -1.98. The van der Waals surface area contributed by atoms with Crippen molar-refractivity contribution < 1.29 is 9.72 Å². The van der Waals surface area contributed by atoms with Crippen LogP contribution < -0.4 is 0 Å². The number of hydrogen-bond acceptors (Lipinski definition) is 3. The molecule has 0 aliphatic carbocycles. The van der Waals surface area contributed by atoms with Gasteiger partial charge in [-0.1, -0.05) is 66.2 Å². The normalized spacial score (nSPS) is 11.2. The van der Waals surface area contributed by atoms with Crippen molar-refractivity contribution in [3.63, 3.8) is 0 Å². The van der Waals surface area contributed by atoms with E-state index in [0.29, 0.717) is 10.6 Å². The van der Waals surface area contributed by atoms with Crippen LogP contribution in [-0.2, 0) is 0 Å². The second-order valence-electron chi connectivity index (χ2n) is 6.06. The molecule has 0 unspecified atom stereocenters. The Morgan fingerprint density at radius 1 is 0.821 bits per heavy atom. The number of nitro benzene ring substituents is 1. The predicted molar refractivity (Wildman–Crippen MR) is 113 cm³/mol. The third-order valence-electron chi connectivity index (χ3n) is 4.04. The summed E-state index contributed by atoms with van der Waals surface area (Å²) in [5.74, 6) is -0.0914. The van der Waals surface area contributed by atoms with E-state index in [-0.39, 0.29) is 11.5 Å². The van der Waals surface area contributed by atoms with Crippen LogP contribution in [0.2, 0.25) is 5.02 Å². The van der Waals surface area contributed by atoms with E-state index in [1.807, 2.05) is 42.5 Å². The summed E-state index contributed by atoms with van der Waals surface area (Å²) in [4.78, 5) is 22.6. The number of nitrogens with zero attached hydrogens (tertiary/aromatic N) is 1. The van der Waals surface area contributed by atoms with Gasteiger partial charge in [-0.05, 0) is 47.0 Å². The number of ketones is 1. The fourth-order valence-electron chi connectivity index (χ4n) is 2.54. The molecule has 0 saturated heterocycles. The number of rotatable bonds is 6. The minimum Gasteiger partial charge on any atom is -0.289 e. The molecule has 138 valence electrons. The average molecular weight is 390 g/mol. The topological polar surface area (TPSA) is 60.2 Å². The van der Waals surface area contributed by atoms with Crippen LogP contribution in [0.5, 0.6) is 0 Å². The Morgan fingerprint density at radius 3 is 2.07 bits per heavy atom. The van der Waals surface area contributed by atoms with E-state index in [4.69, 9.17) is 11.6 Å². The predicted octanol–water partition coefficient (Wildman–Crippen LogP) is 6.31. The largest absolute Gasteiger partial charge is 0.289 e. The highest BCUT2D eigenvalue weighted by atomic mass is 35.5. The number of allylic oxidation sites excluding steroid dienone is 1. The number of halogens is 1. The van der Waals surface area contributed by atoms with Crippen LogP contribution in [0.15, 0.2) is 78.9 Å². The molecular weight excluding hydrogens is 374 g/mol. The number of carbonyl (C=O) groups is 1. The van der Waals surface area contributed by atoms with Crippen LogP contribution in [0.25, 0.3) is 18.2 Å². The lowest BCUT2D eigenvalue weighted by molar-refractivity contribution is -0.384. The first-order valence-corrected chi connectivity index (χ1v) is 8.90. The maximum Gasteiger partial charge on any atom is 0.270 e. The van der Waals surface area contributed by atoms with Crippen LogP contribution in [-0.4, -0.2) is 10.7 Å². The van der Waals surface area contributed by atoms with Crippen molar-refractivity contribution in [2.24, 2.45) is 0 Å². The summed E-state index contributed by atoms with van der Waals surface area (Å²) in [6.07, 6.45) is 6.98. The molecular formula is C23H16ClNO3. The fraction of sp³-hybridized carbons (Fsp3) is 0. The average Bonchev–Trinajstić information content (AvgIpc) is 2.72. The summed E-state index contributed by atoms with van der Waals surface area (Å²) in [5, 5.41) is 11.4. The lowest BCUT2D eigenvalue weighted by atomic mass is 10.1. The molecule has 0 fully saturated rings. The summed E-state index contributed by atoms with van der Waals surface area (Å²) in [6.45, 7) is 0. The Kier molecular flexibility index (Phi) is 6.14. The smallest absolute Gasteiger partial charge is 0.270 e. The van der Waals surface area contributed by atoms with E-state index in [1.54, 1.807) is 36.4 Å². The first kappa shape index (κ1) is 19.3. The van der Waals surface area contributed by atoms with Crippen molar-refractivity contribution in [2.75, 3.05) is 0 Å². The Hall–Kier alpha value is -3.50. The molecule has 0 spiro atoms. The molecule has 0 N–H and O–H groups in total. The lowest BCUT2D eigenvalue weighted by Crippen LogP contribution is -1.93. The van der Waals surface area contributed by atoms with Gasteiger partial charge in [0.2, 0.25) is 0 Å². The summed E-state index contributed by atoms with van der Waals surface area (Å²) < 4.78 is 0. The van der Waals surface area contributed by atoms with Gasteiger partial charge in [0, 0.05) is 22.7 Å². The van der Waals surface area contributed by atoms with Crippen LogP contribution in [0, 0.1) is 10.1 Å². The third kappa shape index (κ3) is 5.25. The van der Waals surface area contributed by atoms with E-state index in [0.717, 1.165) is 16.7 Å². The minimum absolute atomic E-state index is 0.0630. The van der Waals surface area contributed by atoms with Gasteiger partial charge >= 0.3 is 0 Å². The SMILES string of the molecule is O=C(/C=C/c1ccc(/C=C/c2cccc([N+](=O)[O-])c2)cc1)c1ccc(Cl)cc1.